The van der Waals surface area contributed by atoms with Gasteiger partial charge in [-0.2, -0.15) is 11.3 Å². The van der Waals surface area contributed by atoms with E-state index in [-0.39, 0.29) is 17.9 Å². The van der Waals surface area contributed by atoms with Crippen molar-refractivity contribution in [3.05, 3.63) is 22.4 Å². The molecule has 3 rings (SSSR count). The van der Waals surface area contributed by atoms with Crippen LogP contribution >= 0.6 is 11.3 Å². The molecule has 1 aliphatic heterocycles. The van der Waals surface area contributed by atoms with Gasteiger partial charge >= 0.3 is 5.97 Å². The summed E-state index contributed by atoms with van der Waals surface area (Å²) in [4.78, 5) is 25.0. The lowest BCUT2D eigenvalue weighted by Crippen LogP contribution is -2.32. The van der Waals surface area contributed by atoms with E-state index in [1.165, 1.54) is 5.56 Å². The summed E-state index contributed by atoms with van der Waals surface area (Å²) in [5.74, 6) is -1.52. The lowest BCUT2D eigenvalue weighted by Gasteiger charge is -2.24. The van der Waals surface area contributed by atoms with E-state index >= 15 is 0 Å². The Labute approximate surface area is 109 Å². The second-order valence-electron chi connectivity index (χ2n) is 5.03. The maximum Gasteiger partial charge on any atom is 0.307 e. The number of rotatable bonds is 3. The van der Waals surface area contributed by atoms with Crippen LogP contribution in [0.2, 0.25) is 0 Å². The van der Waals surface area contributed by atoms with Crippen molar-refractivity contribution in [3.8, 4) is 0 Å². The van der Waals surface area contributed by atoms with Crippen LogP contribution in [0.3, 0.4) is 0 Å². The van der Waals surface area contributed by atoms with E-state index in [0.29, 0.717) is 6.42 Å². The molecule has 0 radical (unpaired) electrons. The van der Waals surface area contributed by atoms with Crippen LogP contribution in [0.25, 0.3) is 0 Å². The largest absolute Gasteiger partial charge is 0.481 e. The van der Waals surface area contributed by atoms with Gasteiger partial charge in [0.15, 0.2) is 0 Å². The normalized spacial score (nSPS) is 30.4. The predicted molar refractivity (Wildman–Crippen MR) is 67.2 cm³/mol. The maximum atomic E-state index is 12.3. The van der Waals surface area contributed by atoms with Crippen LogP contribution in [0.1, 0.15) is 30.9 Å². The molecule has 1 N–H and O–H groups in total. The molecule has 0 spiro atoms. The Morgan fingerprint density at radius 1 is 1.39 bits per heavy atom. The topological polar surface area (TPSA) is 57.6 Å². The summed E-state index contributed by atoms with van der Waals surface area (Å²) in [6, 6.07) is 2.22. The van der Waals surface area contributed by atoms with Crippen molar-refractivity contribution in [2.24, 2.45) is 11.8 Å². The molecule has 2 heterocycles. The minimum Gasteiger partial charge on any atom is -0.481 e. The van der Waals surface area contributed by atoms with Gasteiger partial charge in [-0.05, 0) is 41.7 Å². The van der Waals surface area contributed by atoms with Crippen LogP contribution in [-0.4, -0.2) is 28.4 Å². The summed E-state index contributed by atoms with van der Waals surface area (Å²) in [5, 5.41) is 13.0. The van der Waals surface area contributed by atoms with Gasteiger partial charge in [0, 0.05) is 6.54 Å². The summed E-state index contributed by atoms with van der Waals surface area (Å²) in [6.45, 7) is 0.766. The van der Waals surface area contributed by atoms with Crippen molar-refractivity contribution >= 4 is 23.2 Å². The Morgan fingerprint density at radius 3 is 2.83 bits per heavy atom. The number of carboxylic acid groups (broad SMARTS) is 1. The Hall–Kier alpha value is -1.36. The number of hydrogen-bond donors (Lipinski definition) is 1. The van der Waals surface area contributed by atoms with Crippen molar-refractivity contribution in [1.29, 1.82) is 0 Å². The van der Waals surface area contributed by atoms with Gasteiger partial charge in [-0.15, -0.1) is 0 Å². The van der Waals surface area contributed by atoms with E-state index in [1.807, 2.05) is 10.3 Å². The fourth-order valence-corrected chi connectivity index (χ4v) is 3.50. The van der Waals surface area contributed by atoms with Crippen molar-refractivity contribution < 1.29 is 14.7 Å². The SMILES string of the molecule is O=C(O)[C@@H]1C[C@H]1C(=O)N1CCC[C@H]1c1ccsc1. The zero-order chi connectivity index (χ0) is 12.7. The van der Waals surface area contributed by atoms with Crippen LogP contribution in [0.4, 0.5) is 0 Å². The molecule has 2 fully saturated rings. The Morgan fingerprint density at radius 2 is 2.22 bits per heavy atom. The van der Waals surface area contributed by atoms with Crippen LogP contribution in [0, 0.1) is 11.8 Å². The molecule has 0 bridgehead atoms. The van der Waals surface area contributed by atoms with Crippen LogP contribution in [0.5, 0.6) is 0 Å². The molecule has 1 aromatic rings. The highest BCUT2D eigenvalue weighted by atomic mass is 32.1. The van der Waals surface area contributed by atoms with Crippen molar-refractivity contribution in [1.82, 2.24) is 4.90 Å². The highest BCUT2D eigenvalue weighted by molar-refractivity contribution is 7.07. The number of hydrogen-bond acceptors (Lipinski definition) is 3. The average molecular weight is 265 g/mol. The van der Waals surface area contributed by atoms with Gasteiger partial charge in [0.1, 0.15) is 0 Å². The third-order valence-electron chi connectivity index (χ3n) is 3.89. The predicted octanol–water partition coefficient (Wildman–Crippen LogP) is 2.13. The molecule has 2 aliphatic rings. The first-order valence-corrected chi connectivity index (χ1v) is 7.18. The first-order valence-electron chi connectivity index (χ1n) is 6.24. The molecule has 96 valence electrons. The number of carbonyl (C=O) groups excluding carboxylic acids is 1. The van der Waals surface area contributed by atoms with Crippen LogP contribution in [0.15, 0.2) is 16.8 Å². The van der Waals surface area contributed by atoms with Crippen LogP contribution < -0.4 is 0 Å². The molecule has 18 heavy (non-hydrogen) atoms. The summed E-state index contributed by atoms with van der Waals surface area (Å²) >= 11 is 1.64. The van der Waals surface area contributed by atoms with E-state index in [2.05, 4.69) is 11.4 Å². The van der Waals surface area contributed by atoms with Gasteiger partial charge < -0.3 is 10.0 Å². The minimum atomic E-state index is -0.834. The highest BCUT2D eigenvalue weighted by Gasteiger charge is 2.51. The number of amides is 1. The van der Waals surface area contributed by atoms with Gasteiger partial charge in [-0.1, -0.05) is 0 Å². The molecule has 4 nitrogen and oxygen atoms in total. The highest BCUT2D eigenvalue weighted by Crippen LogP contribution is 2.43. The molecule has 5 heteroatoms. The monoisotopic (exact) mass is 265 g/mol. The molecular weight excluding hydrogens is 250 g/mol. The van der Waals surface area contributed by atoms with E-state index in [1.54, 1.807) is 11.3 Å². The quantitative estimate of drug-likeness (QED) is 0.911. The summed E-state index contributed by atoms with van der Waals surface area (Å²) in [7, 11) is 0. The Kier molecular flexibility index (Phi) is 2.86. The standard InChI is InChI=1S/C13H15NO3S/c15-12(9-6-10(9)13(16)17)14-4-1-2-11(14)8-3-5-18-7-8/h3,5,7,9-11H,1-2,4,6H2,(H,16,17)/t9-,10-,11+/m1/s1. The molecule has 3 atom stereocenters. The maximum absolute atomic E-state index is 12.3. The molecule has 1 amide bonds. The van der Waals surface area contributed by atoms with Gasteiger partial charge in [0.25, 0.3) is 0 Å². The molecule has 0 unspecified atom stereocenters. The number of likely N-dealkylation sites (tertiary alicyclic amines) is 1. The number of thiophene rings is 1. The van der Waals surface area contributed by atoms with E-state index < -0.39 is 11.9 Å². The first kappa shape index (κ1) is 11.7. The molecular formula is C13H15NO3S. The second-order valence-corrected chi connectivity index (χ2v) is 5.81. The first-order chi connectivity index (χ1) is 8.68. The smallest absolute Gasteiger partial charge is 0.307 e. The van der Waals surface area contributed by atoms with E-state index in [9.17, 15) is 9.59 Å². The zero-order valence-corrected chi connectivity index (χ0v) is 10.7. The van der Waals surface area contributed by atoms with Gasteiger partial charge in [0.2, 0.25) is 5.91 Å². The summed E-state index contributed by atoms with van der Waals surface area (Å²) in [5.41, 5.74) is 1.19. The fourth-order valence-electron chi connectivity index (χ4n) is 2.80. The number of aliphatic carboxylic acids is 1. The summed E-state index contributed by atoms with van der Waals surface area (Å²) in [6.07, 6.45) is 2.52. The number of carbonyl (C=O) groups is 2. The molecule has 1 saturated carbocycles. The molecule has 1 aliphatic carbocycles. The van der Waals surface area contributed by atoms with Gasteiger partial charge in [0.05, 0.1) is 17.9 Å². The minimum absolute atomic E-state index is 0.0381. The molecule has 1 aromatic heterocycles. The lowest BCUT2D eigenvalue weighted by atomic mass is 10.1. The third kappa shape index (κ3) is 1.92. The van der Waals surface area contributed by atoms with Crippen LogP contribution in [-0.2, 0) is 9.59 Å². The van der Waals surface area contributed by atoms with E-state index in [0.717, 1.165) is 19.4 Å². The van der Waals surface area contributed by atoms with Crippen molar-refractivity contribution in [2.75, 3.05) is 6.54 Å². The Bertz CT molecular complexity index is 471. The van der Waals surface area contributed by atoms with Gasteiger partial charge in [-0.25, -0.2) is 0 Å². The molecule has 1 saturated heterocycles. The zero-order valence-electron chi connectivity index (χ0n) is 9.91. The van der Waals surface area contributed by atoms with E-state index in [4.69, 9.17) is 5.11 Å². The summed E-state index contributed by atoms with van der Waals surface area (Å²) < 4.78 is 0. The number of nitrogens with zero attached hydrogens (tertiary/aromatic N) is 1. The third-order valence-corrected chi connectivity index (χ3v) is 4.59. The van der Waals surface area contributed by atoms with Crippen molar-refractivity contribution in [3.63, 3.8) is 0 Å². The molecule has 0 aromatic carbocycles. The lowest BCUT2D eigenvalue weighted by molar-refractivity contribution is -0.142. The second kappa shape index (κ2) is 4.39. The fraction of sp³-hybridized carbons (Fsp3) is 0.538. The van der Waals surface area contributed by atoms with Gasteiger partial charge in [-0.3, -0.25) is 9.59 Å². The number of carboxylic acids is 1. The Balaban J connectivity index is 1.72. The average Bonchev–Trinajstić information content (AvgIpc) is 2.78. The van der Waals surface area contributed by atoms with Crippen molar-refractivity contribution in [2.45, 2.75) is 25.3 Å².